The standard InChI is InChI=1S/C30H40N6O3/c1-4-14-31-29-20(2)28(38)25(21(3)32-29)13-17-35-15-11-22(12-16-35)33-30-34-26-7-5-6-8-27(26)36(30)18-23-9-10-24(19-37)39-23/h5-10,20,22,37H,4,11-19H2,1-3H3,(H,31,32)(H,33,34). The van der Waals surface area contributed by atoms with Gasteiger partial charge in [0.25, 0.3) is 0 Å². The predicted octanol–water partition coefficient (Wildman–Crippen LogP) is 4.33. The first-order valence-electron chi connectivity index (χ1n) is 14.1. The summed E-state index contributed by atoms with van der Waals surface area (Å²) in [6, 6.07) is 12.2. The number of ketones is 1. The molecule has 3 aromatic rings. The lowest BCUT2D eigenvalue weighted by atomic mass is 9.90. The van der Waals surface area contributed by atoms with Crippen LogP contribution in [0.5, 0.6) is 0 Å². The van der Waals surface area contributed by atoms with Crippen molar-refractivity contribution in [3.05, 3.63) is 59.2 Å². The molecule has 9 nitrogen and oxygen atoms in total. The van der Waals surface area contributed by atoms with Gasteiger partial charge in [0, 0.05) is 43.5 Å². The molecule has 2 aliphatic heterocycles. The number of hydrogen-bond donors (Lipinski definition) is 3. The fourth-order valence-corrected chi connectivity index (χ4v) is 5.51. The number of aliphatic imine (C=N–C) groups is 1. The van der Waals surface area contributed by atoms with Gasteiger partial charge >= 0.3 is 0 Å². The number of benzene rings is 1. The topological polar surface area (TPSA) is 108 Å². The summed E-state index contributed by atoms with van der Waals surface area (Å²) in [5.41, 5.74) is 3.85. The van der Waals surface area contributed by atoms with Crippen LogP contribution in [-0.4, -0.2) is 63.4 Å². The van der Waals surface area contributed by atoms with Crippen molar-refractivity contribution < 1.29 is 14.3 Å². The molecule has 5 rings (SSSR count). The van der Waals surface area contributed by atoms with E-state index >= 15 is 0 Å². The minimum atomic E-state index is -0.194. The van der Waals surface area contributed by atoms with E-state index in [2.05, 4.69) is 38.1 Å². The van der Waals surface area contributed by atoms with Gasteiger partial charge in [-0.15, -0.1) is 0 Å². The first-order chi connectivity index (χ1) is 19.0. The molecule has 0 aliphatic carbocycles. The number of para-hydroxylation sites is 2. The van der Waals surface area contributed by atoms with E-state index < -0.39 is 0 Å². The highest BCUT2D eigenvalue weighted by atomic mass is 16.4. The van der Waals surface area contributed by atoms with Gasteiger partial charge < -0.3 is 29.6 Å². The Bertz CT molecular complexity index is 1360. The highest BCUT2D eigenvalue weighted by Gasteiger charge is 2.30. The van der Waals surface area contributed by atoms with Gasteiger partial charge in [0.15, 0.2) is 5.78 Å². The lowest BCUT2D eigenvalue weighted by molar-refractivity contribution is -0.117. The van der Waals surface area contributed by atoms with Crippen LogP contribution in [0.3, 0.4) is 0 Å². The number of aromatic nitrogens is 2. The van der Waals surface area contributed by atoms with Gasteiger partial charge in [-0.1, -0.05) is 19.1 Å². The fourth-order valence-electron chi connectivity index (χ4n) is 5.51. The van der Waals surface area contributed by atoms with Gasteiger partial charge in [-0.05, 0) is 63.8 Å². The van der Waals surface area contributed by atoms with E-state index in [0.29, 0.717) is 18.3 Å². The van der Waals surface area contributed by atoms with Gasteiger partial charge in [0.05, 0.1) is 23.5 Å². The molecule has 208 valence electrons. The van der Waals surface area contributed by atoms with Crippen molar-refractivity contribution in [1.29, 1.82) is 0 Å². The largest absolute Gasteiger partial charge is 0.462 e. The van der Waals surface area contributed by atoms with E-state index in [9.17, 15) is 9.90 Å². The number of nitrogens with one attached hydrogen (secondary N) is 2. The second-order valence-electron chi connectivity index (χ2n) is 10.6. The molecule has 4 heterocycles. The number of anilines is 1. The number of Topliss-reactive ketones (excluding diaryl/α,β-unsaturated/α-hetero) is 1. The average Bonchev–Trinajstić information content (AvgIpc) is 3.55. The van der Waals surface area contributed by atoms with Crippen molar-refractivity contribution in [2.45, 2.75) is 65.6 Å². The number of rotatable bonds is 10. The van der Waals surface area contributed by atoms with Crippen LogP contribution in [0.2, 0.25) is 0 Å². The van der Waals surface area contributed by atoms with Crippen LogP contribution in [0.1, 0.15) is 58.0 Å². The third-order valence-electron chi connectivity index (χ3n) is 7.82. The number of carbonyl (C=O) groups is 1. The number of aliphatic hydroxyl groups excluding tert-OH is 1. The highest BCUT2D eigenvalue weighted by Crippen LogP contribution is 2.26. The van der Waals surface area contributed by atoms with Crippen LogP contribution in [0, 0.1) is 5.92 Å². The van der Waals surface area contributed by atoms with Gasteiger partial charge in [-0.3, -0.25) is 9.79 Å². The number of amidine groups is 1. The van der Waals surface area contributed by atoms with Crippen LogP contribution in [0.25, 0.3) is 11.0 Å². The Hall–Kier alpha value is -3.43. The maximum atomic E-state index is 13.1. The summed E-state index contributed by atoms with van der Waals surface area (Å²) in [7, 11) is 0. The second kappa shape index (κ2) is 12.2. The van der Waals surface area contributed by atoms with Crippen LogP contribution in [0.15, 0.2) is 57.1 Å². The molecule has 0 saturated carbocycles. The number of furan rings is 1. The van der Waals surface area contributed by atoms with Crippen molar-refractivity contribution in [1.82, 2.24) is 19.8 Å². The van der Waals surface area contributed by atoms with E-state index in [4.69, 9.17) is 9.40 Å². The molecule has 2 aliphatic rings. The zero-order valence-corrected chi connectivity index (χ0v) is 23.2. The monoisotopic (exact) mass is 532 g/mol. The number of piperidine rings is 1. The Balaban J connectivity index is 1.19. The Kier molecular flexibility index (Phi) is 8.47. The molecule has 1 aromatic carbocycles. The fraction of sp³-hybridized carbons (Fsp3) is 0.500. The molecule has 0 bridgehead atoms. The molecular formula is C30H40N6O3. The minimum absolute atomic E-state index is 0.108. The Morgan fingerprint density at radius 3 is 2.69 bits per heavy atom. The van der Waals surface area contributed by atoms with Crippen molar-refractivity contribution >= 4 is 28.6 Å². The summed E-state index contributed by atoms with van der Waals surface area (Å²) in [5.74, 6) is 3.01. The maximum Gasteiger partial charge on any atom is 0.204 e. The van der Waals surface area contributed by atoms with E-state index in [-0.39, 0.29) is 18.3 Å². The van der Waals surface area contributed by atoms with Crippen molar-refractivity contribution in [3.63, 3.8) is 0 Å². The van der Waals surface area contributed by atoms with E-state index in [1.165, 1.54) is 0 Å². The number of imidazole rings is 1. The highest BCUT2D eigenvalue weighted by molar-refractivity contribution is 6.14. The number of aliphatic hydroxyl groups is 1. The van der Waals surface area contributed by atoms with E-state index in [1.54, 1.807) is 0 Å². The molecule has 0 radical (unpaired) electrons. The number of likely N-dealkylation sites (tertiary alicyclic amines) is 1. The lowest BCUT2D eigenvalue weighted by Gasteiger charge is -2.33. The SMILES string of the molecule is CCCN=C1NC(C)=C(CCN2CCC(Nc3nc4ccccc4n3Cc3ccc(CO)o3)CC2)C(=O)C1C. The summed E-state index contributed by atoms with van der Waals surface area (Å²) in [5, 5.41) is 16.5. The normalized spacial score (nSPS) is 20.3. The molecule has 9 heteroatoms. The summed E-state index contributed by atoms with van der Waals surface area (Å²) < 4.78 is 7.91. The van der Waals surface area contributed by atoms with Crippen molar-refractivity contribution in [2.24, 2.45) is 10.9 Å². The van der Waals surface area contributed by atoms with Gasteiger partial charge in [0.1, 0.15) is 24.0 Å². The van der Waals surface area contributed by atoms with Crippen LogP contribution in [-0.2, 0) is 17.9 Å². The molecule has 0 amide bonds. The zero-order valence-electron chi connectivity index (χ0n) is 23.2. The molecular weight excluding hydrogens is 492 g/mol. The van der Waals surface area contributed by atoms with E-state index in [0.717, 1.165) is 91.7 Å². The average molecular weight is 533 g/mol. The smallest absolute Gasteiger partial charge is 0.204 e. The van der Waals surface area contributed by atoms with E-state index in [1.807, 2.05) is 44.2 Å². The van der Waals surface area contributed by atoms with Crippen molar-refractivity contribution in [2.75, 3.05) is 31.5 Å². The second-order valence-corrected chi connectivity index (χ2v) is 10.6. The maximum absolute atomic E-state index is 13.1. The predicted molar refractivity (Wildman–Crippen MR) is 154 cm³/mol. The molecule has 0 spiro atoms. The number of carbonyl (C=O) groups excluding carboxylic acids is 1. The van der Waals surface area contributed by atoms with Gasteiger partial charge in [0.2, 0.25) is 5.95 Å². The number of fused-ring (bicyclic) bond motifs is 1. The molecule has 1 fully saturated rings. The number of hydrogen-bond acceptors (Lipinski definition) is 7. The summed E-state index contributed by atoms with van der Waals surface area (Å²) in [4.78, 5) is 25.0. The summed E-state index contributed by atoms with van der Waals surface area (Å²) >= 11 is 0. The van der Waals surface area contributed by atoms with Crippen LogP contribution in [0.4, 0.5) is 5.95 Å². The summed E-state index contributed by atoms with van der Waals surface area (Å²) in [6.07, 6.45) is 3.75. The lowest BCUT2D eigenvalue weighted by Crippen LogP contribution is -2.42. The molecule has 39 heavy (non-hydrogen) atoms. The number of nitrogens with zero attached hydrogens (tertiary/aromatic N) is 4. The first kappa shape index (κ1) is 27.1. The van der Waals surface area contributed by atoms with Gasteiger partial charge in [-0.25, -0.2) is 4.98 Å². The van der Waals surface area contributed by atoms with Crippen LogP contribution < -0.4 is 10.6 Å². The molecule has 1 unspecified atom stereocenters. The first-order valence-corrected chi connectivity index (χ1v) is 14.1. The van der Waals surface area contributed by atoms with Crippen LogP contribution >= 0.6 is 0 Å². The van der Waals surface area contributed by atoms with Crippen molar-refractivity contribution in [3.8, 4) is 0 Å². The third-order valence-corrected chi connectivity index (χ3v) is 7.82. The Morgan fingerprint density at radius 2 is 1.95 bits per heavy atom. The Morgan fingerprint density at radius 1 is 1.18 bits per heavy atom. The summed E-state index contributed by atoms with van der Waals surface area (Å²) in [6.45, 7) is 10.1. The Labute approximate surface area is 230 Å². The third kappa shape index (κ3) is 6.09. The zero-order chi connectivity index (χ0) is 27.4. The minimum Gasteiger partial charge on any atom is -0.462 e. The molecule has 2 aromatic heterocycles. The van der Waals surface area contributed by atoms with Gasteiger partial charge in [-0.2, -0.15) is 0 Å². The molecule has 3 N–H and O–H groups in total. The number of allylic oxidation sites excluding steroid dienone is 1. The molecule has 1 saturated heterocycles. The molecule has 1 atom stereocenters. The quantitative estimate of drug-likeness (QED) is 0.357.